The predicted molar refractivity (Wildman–Crippen MR) is 136 cm³/mol. The minimum absolute atomic E-state index is 0.340. The molecule has 0 radical (unpaired) electrons. The summed E-state index contributed by atoms with van der Waals surface area (Å²) in [5.74, 6) is 1.52. The Balaban J connectivity index is 1.68. The molecule has 3 rings (SSSR count). The largest absolute Gasteiger partial charge is 0.494 e. The van der Waals surface area contributed by atoms with E-state index in [1.165, 1.54) is 36.0 Å². The van der Waals surface area contributed by atoms with Gasteiger partial charge in [0.1, 0.15) is 11.5 Å². The van der Waals surface area contributed by atoms with E-state index in [-0.39, 0.29) is 5.97 Å². The van der Waals surface area contributed by atoms with Crippen molar-refractivity contribution >= 4 is 5.97 Å². The number of hydrogen-bond donors (Lipinski definition) is 0. The second-order valence-electron chi connectivity index (χ2n) is 8.73. The second-order valence-corrected chi connectivity index (χ2v) is 8.73. The van der Waals surface area contributed by atoms with Gasteiger partial charge in [-0.3, -0.25) is 0 Å². The molecular formula is C30H36O3. The molecule has 0 aliphatic heterocycles. The van der Waals surface area contributed by atoms with E-state index < -0.39 is 0 Å². The van der Waals surface area contributed by atoms with Crippen LogP contribution >= 0.6 is 0 Å². The highest BCUT2D eigenvalue weighted by Gasteiger charge is 2.15. The number of rotatable bonds is 12. The first-order valence-electron chi connectivity index (χ1n) is 12.2. The number of benzene rings is 3. The summed E-state index contributed by atoms with van der Waals surface area (Å²) < 4.78 is 11.4. The molecule has 0 bridgehead atoms. The van der Waals surface area contributed by atoms with Crippen LogP contribution in [-0.2, 0) is 6.42 Å². The van der Waals surface area contributed by atoms with Crippen molar-refractivity contribution in [1.82, 2.24) is 0 Å². The lowest BCUT2D eigenvalue weighted by Gasteiger charge is -2.15. The minimum atomic E-state index is -0.340. The Hall–Kier alpha value is -3.07. The van der Waals surface area contributed by atoms with Gasteiger partial charge in [0.25, 0.3) is 0 Å². The molecule has 3 aromatic rings. The summed E-state index contributed by atoms with van der Waals surface area (Å²) in [5.41, 5.74) is 4.09. The van der Waals surface area contributed by atoms with Gasteiger partial charge in [0.05, 0.1) is 12.2 Å². The van der Waals surface area contributed by atoms with Gasteiger partial charge in [-0.05, 0) is 71.8 Å². The van der Waals surface area contributed by atoms with Gasteiger partial charge >= 0.3 is 5.97 Å². The zero-order valence-electron chi connectivity index (χ0n) is 20.2. The van der Waals surface area contributed by atoms with Crippen molar-refractivity contribution in [1.29, 1.82) is 0 Å². The predicted octanol–water partition coefficient (Wildman–Crippen LogP) is 8.12. The Bertz CT molecular complexity index is 993. The van der Waals surface area contributed by atoms with Gasteiger partial charge in [-0.1, -0.05) is 82.9 Å². The normalized spacial score (nSPS) is 11.7. The monoisotopic (exact) mass is 444 g/mol. The lowest BCUT2D eigenvalue weighted by Crippen LogP contribution is -2.10. The molecule has 0 heterocycles. The third kappa shape index (κ3) is 7.49. The SMILES string of the molecule is CCCCCCOc1ccc(OC(=O)c2ccc(-c3ccccc3)c(CC(C)CC)c2)cc1. The van der Waals surface area contributed by atoms with Crippen molar-refractivity contribution < 1.29 is 14.3 Å². The highest BCUT2D eigenvalue weighted by atomic mass is 16.5. The average molecular weight is 445 g/mol. The quantitative estimate of drug-likeness (QED) is 0.161. The summed E-state index contributed by atoms with van der Waals surface area (Å²) in [5, 5.41) is 0. The van der Waals surface area contributed by atoms with Crippen molar-refractivity contribution in [3.8, 4) is 22.6 Å². The molecule has 1 atom stereocenters. The lowest BCUT2D eigenvalue weighted by molar-refractivity contribution is 0.0734. The van der Waals surface area contributed by atoms with Gasteiger partial charge < -0.3 is 9.47 Å². The first-order chi connectivity index (χ1) is 16.1. The van der Waals surface area contributed by atoms with Gasteiger partial charge in [0, 0.05) is 0 Å². The molecule has 3 heteroatoms. The van der Waals surface area contributed by atoms with Crippen LogP contribution in [0.25, 0.3) is 11.1 Å². The topological polar surface area (TPSA) is 35.5 Å². The highest BCUT2D eigenvalue weighted by molar-refractivity contribution is 5.92. The number of esters is 1. The first-order valence-corrected chi connectivity index (χ1v) is 12.2. The lowest BCUT2D eigenvalue weighted by atomic mass is 9.90. The van der Waals surface area contributed by atoms with E-state index in [0.29, 0.717) is 23.8 Å². The van der Waals surface area contributed by atoms with Crippen molar-refractivity contribution in [3.63, 3.8) is 0 Å². The van der Waals surface area contributed by atoms with Gasteiger partial charge in [-0.2, -0.15) is 0 Å². The van der Waals surface area contributed by atoms with Crippen LogP contribution in [0.4, 0.5) is 0 Å². The zero-order valence-corrected chi connectivity index (χ0v) is 20.2. The third-order valence-electron chi connectivity index (χ3n) is 5.99. The molecule has 0 N–H and O–H groups in total. The van der Waals surface area contributed by atoms with Crippen molar-refractivity contribution in [2.45, 2.75) is 59.3 Å². The van der Waals surface area contributed by atoms with Gasteiger partial charge in [-0.15, -0.1) is 0 Å². The third-order valence-corrected chi connectivity index (χ3v) is 5.99. The molecule has 0 saturated heterocycles. The van der Waals surface area contributed by atoms with E-state index in [1.54, 1.807) is 12.1 Å². The molecule has 0 aliphatic rings. The summed E-state index contributed by atoms with van der Waals surface area (Å²) in [4.78, 5) is 12.9. The molecule has 1 unspecified atom stereocenters. The van der Waals surface area contributed by atoms with E-state index in [4.69, 9.17) is 9.47 Å². The molecule has 0 spiro atoms. The Labute approximate surface area is 198 Å². The maximum absolute atomic E-state index is 12.9. The fourth-order valence-electron chi connectivity index (χ4n) is 3.80. The standard InChI is InChI=1S/C30H36O3/c1-4-6-7-11-20-32-27-15-17-28(18-16-27)33-30(31)25-14-19-29(24-12-9-8-10-13-24)26(22-25)21-23(3)5-2/h8-10,12-19,22-23H,4-7,11,20-21H2,1-3H3. The second kappa shape index (κ2) is 12.8. The van der Waals surface area contributed by atoms with Crippen LogP contribution in [0, 0.1) is 5.92 Å². The van der Waals surface area contributed by atoms with Crippen molar-refractivity contribution in [3.05, 3.63) is 83.9 Å². The Kier molecular flexibility index (Phi) is 9.56. The molecule has 0 aliphatic carbocycles. The fraction of sp³-hybridized carbons (Fsp3) is 0.367. The van der Waals surface area contributed by atoms with Crippen LogP contribution in [0.1, 0.15) is 68.8 Å². The smallest absolute Gasteiger partial charge is 0.343 e. The van der Waals surface area contributed by atoms with Crippen LogP contribution in [0.5, 0.6) is 11.5 Å². The van der Waals surface area contributed by atoms with Crippen LogP contribution < -0.4 is 9.47 Å². The molecular weight excluding hydrogens is 408 g/mol. The number of unbranched alkanes of at least 4 members (excludes halogenated alkanes) is 3. The van der Waals surface area contributed by atoms with E-state index in [1.807, 2.05) is 48.5 Å². The van der Waals surface area contributed by atoms with E-state index in [2.05, 4.69) is 32.9 Å². The van der Waals surface area contributed by atoms with E-state index in [0.717, 1.165) is 25.0 Å². The Morgan fingerprint density at radius 2 is 1.58 bits per heavy atom. The molecule has 33 heavy (non-hydrogen) atoms. The summed E-state index contributed by atoms with van der Waals surface area (Å²) in [7, 11) is 0. The van der Waals surface area contributed by atoms with E-state index >= 15 is 0 Å². The summed E-state index contributed by atoms with van der Waals surface area (Å²) >= 11 is 0. The molecule has 3 nitrogen and oxygen atoms in total. The summed E-state index contributed by atoms with van der Waals surface area (Å²) in [6.07, 6.45) is 6.72. The Morgan fingerprint density at radius 1 is 0.848 bits per heavy atom. The molecule has 0 fully saturated rings. The number of carbonyl (C=O) groups excluding carboxylic acids is 1. The highest BCUT2D eigenvalue weighted by Crippen LogP contribution is 2.28. The molecule has 0 saturated carbocycles. The molecule has 0 aromatic heterocycles. The van der Waals surface area contributed by atoms with Crippen LogP contribution in [0.2, 0.25) is 0 Å². The van der Waals surface area contributed by atoms with Crippen LogP contribution in [-0.4, -0.2) is 12.6 Å². The number of hydrogen-bond acceptors (Lipinski definition) is 3. The maximum Gasteiger partial charge on any atom is 0.343 e. The summed E-state index contributed by atoms with van der Waals surface area (Å²) in [6, 6.07) is 23.5. The van der Waals surface area contributed by atoms with Crippen molar-refractivity contribution in [2.24, 2.45) is 5.92 Å². The van der Waals surface area contributed by atoms with Gasteiger partial charge in [0.2, 0.25) is 0 Å². The van der Waals surface area contributed by atoms with E-state index in [9.17, 15) is 4.79 Å². The molecule has 3 aromatic carbocycles. The number of carbonyl (C=O) groups is 1. The van der Waals surface area contributed by atoms with Gasteiger partial charge in [-0.25, -0.2) is 4.79 Å². The number of ether oxygens (including phenoxy) is 2. The Morgan fingerprint density at radius 3 is 2.27 bits per heavy atom. The average Bonchev–Trinajstić information content (AvgIpc) is 2.85. The van der Waals surface area contributed by atoms with Crippen molar-refractivity contribution in [2.75, 3.05) is 6.61 Å². The fourth-order valence-corrected chi connectivity index (χ4v) is 3.80. The molecule has 174 valence electrons. The van der Waals surface area contributed by atoms with Gasteiger partial charge in [0.15, 0.2) is 0 Å². The maximum atomic E-state index is 12.9. The van der Waals surface area contributed by atoms with Crippen LogP contribution in [0.3, 0.4) is 0 Å². The molecule has 0 amide bonds. The van der Waals surface area contributed by atoms with Crippen LogP contribution in [0.15, 0.2) is 72.8 Å². The first kappa shape index (κ1) is 24.6. The minimum Gasteiger partial charge on any atom is -0.494 e. The summed E-state index contributed by atoms with van der Waals surface area (Å²) in [6.45, 7) is 7.35. The zero-order chi connectivity index (χ0) is 23.5.